The van der Waals surface area contributed by atoms with E-state index in [9.17, 15) is 9.59 Å². The summed E-state index contributed by atoms with van der Waals surface area (Å²) >= 11 is 0. The van der Waals surface area contributed by atoms with Crippen LogP contribution in [0, 0.1) is 0 Å². The fraction of sp³-hybridized carbons (Fsp3) is 0.286. The van der Waals surface area contributed by atoms with Crippen LogP contribution in [0.2, 0.25) is 0 Å². The van der Waals surface area contributed by atoms with Crippen LogP contribution in [-0.4, -0.2) is 22.3 Å². The van der Waals surface area contributed by atoms with E-state index >= 15 is 0 Å². The Hall–Kier alpha value is -2.34. The number of aliphatic carboxylic acids is 1. The minimum atomic E-state index is -1.12. The molecule has 106 valence electrons. The number of benzene rings is 1. The maximum Gasteiger partial charge on any atom is 0.320 e. The largest absolute Gasteiger partial charge is 0.480 e. The molecule has 6 nitrogen and oxygen atoms in total. The van der Waals surface area contributed by atoms with Gasteiger partial charge in [0.15, 0.2) is 0 Å². The van der Waals surface area contributed by atoms with Crippen molar-refractivity contribution in [3.8, 4) is 0 Å². The number of carboxylic acids is 1. The van der Waals surface area contributed by atoms with Crippen molar-refractivity contribution >= 4 is 5.97 Å². The second-order valence-corrected chi connectivity index (χ2v) is 4.57. The molecule has 1 aromatic carbocycles. The minimum absolute atomic E-state index is 0.00179. The number of carboxylic acid groups (broad SMARTS) is 1. The van der Waals surface area contributed by atoms with Gasteiger partial charge in [0.05, 0.1) is 5.56 Å². The summed E-state index contributed by atoms with van der Waals surface area (Å²) in [5.41, 5.74) is 6.70. The van der Waals surface area contributed by atoms with Crippen LogP contribution < -0.4 is 11.3 Å². The Balaban J connectivity index is 2.09. The molecule has 0 amide bonds. The van der Waals surface area contributed by atoms with E-state index in [2.05, 4.69) is 5.16 Å². The van der Waals surface area contributed by atoms with E-state index in [4.69, 9.17) is 15.4 Å². The van der Waals surface area contributed by atoms with Crippen LogP contribution in [0.25, 0.3) is 0 Å². The molecule has 20 heavy (non-hydrogen) atoms. The molecular formula is C14H16N2O4. The Morgan fingerprint density at radius 1 is 1.30 bits per heavy atom. The Morgan fingerprint density at radius 3 is 2.65 bits per heavy atom. The molecule has 2 aromatic rings. The summed E-state index contributed by atoms with van der Waals surface area (Å²) in [5, 5.41) is 11.0. The summed E-state index contributed by atoms with van der Waals surface area (Å²) in [6, 6.07) is 8.63. The van der Waals surface area contributed by atoms with Crippen LogP contribution >= 0.6 is 0 Å². The lowest BCUT2D eigenvalue weighted by atomic mass is 10.0. The first kappa shape index (κ1) is 14.1. The number of hydrogen-bond donors (Lipinski definition) is 3. The van der Waals surface area contributed by atoms with Crippen LogP contribution in [0.4, 0.5) is 0 Å². The number of rotatable bonds is 6. The average Bonchev–Trinajstić information content (AvgIpc) is 2.78. The van der Waals surface area contributed by atoms with E-state index in [1.807, 2.05) is 30.3 Å². The van der Waals surface area contributed by atoms with Gasteiger partial charge in [0.1, 0.15) is 11.8 Å². The Kier molecular flexibility index (Phi) is 4.37. The van der Waals surface area contributed by atoms with Gasteiger partial charge in [-0.3, -0.25) is 9.59 Å². The van der Waals surface area contributed by atoms with Gasteiger partial charge in [-0.15, -0.1) is 0 Å². The molecule has 1 unspecified atom stereocenters. The Bertz CT molecular complexity index is 630. The second kappa shape index (κ2) is 6.21. The minimum Gasteiger partial charge on any atom is -0.480 e. The Labute approximate surface area is 115 Å². The van der Waals surface area contributed by atoms with Gasteiger partial charge in [-0.05, 0) is 18.4 Å². The first-order valence-corrected chi connectivity index (χ1v) is 6.29. The van der Waals surface area contributed by atoms with Crippen LogP contribution in [0.1, 0.15) is 16.9 Å². The number of nitrogens with two attached hydrogens (primary N) is 1. The van der Waals surface area contributed by atoms with E-state index < -0.39 is 12.0 Å². The zero-order valence-electron chi connectivity index (χ0n) is 10.8. The first-order valence-electron chi connectivity index (χ1n) is 6.29. The number of H-pyrrole nitrogens is 1. The third kappa shape index (κ3) is 3.36. The molecule has 1 heterocycles. The highest BCUT2D eigenvalue weighted by molar-refractivity contribution is 5.73. The van der Waals surface area contributed by atoms with Gasteiger partial charge in [-0.25, -0.2) is 0 Å². The van der Waals surface area contributed by atoms with Crippen LogP contribution in [-0.2, 0) is 24.1 Å². The molecule has 0 bridgehead atoms. The van der Waals surface area contributed by atoms with Gasteiger partial charge in [0, 0.05) is 6.42 Å². The molecule has 0 aliphatic carbocycles. The zero-order chi connectivity index (χ0) is 14.5. The fourth-order valence-electron chi connectivity index (χ4n) is 1.98. The molecule has 6 heteroatoms. The van der Waals surface area contributed by atoms with Crippen LogP contribution in [0.15, 0.2) is 39.6 Å². The van der Waals surface area contributed by atoms with Crippen molar-refractivity contribution < 1.29 is 14.4 Å². The summed E-state index contributed by atoms with van der Waals surface area (Å²) in [6.07, 6.45) is 1.16. The maximum atomic E-state index is 11.7. The van der Waals surface area contributed by atoms with Crippen molar-refractivity contribution in [2.75, 3.05) is 0 Å². The summed E-state index contributed by atoms with van der Waals surface area (Å²) in [4.78, 5) is 22.4. The molecule has 1 atom stereocenters. The highest BCUT2D eigenvalue weighted by atomic mass is 16.5. The molecule has 0 saturated carbocycles. The highest BCUT2D eigenvalue weighted by Gasteiger charge is 2.19. The zero-order valence-corrected chi connectivity index (χ0v) is 10.8. The molecule has 0 spiro atoms. The number of hydrogen-bond acceptors (Lipinski definition) is 4. The molecule has 0 fully saturated rings. The first-order chi connectivity index (χ1) is 9.58. The summed E-state index contributed by atoms with van der Waals surface area (Å²) in [7, 11) is 0. The van der Waals surface area contributed by atoms with Gasteiger partial charge in [0.2, 0.25) is 0 Å². The van der Waals surface area contributed by atoms with Crippen molar-refractivity contribution in [3.05, 3.63) is 57.6 Å². The van der Waals surface area contributed by atoms with Crippen molar-refractivity contribution in [2.24, 2.45) is 5.73 Å². The van der Waals surface area contributed by atoms with E-state index in [0.717, 1.165) is 5.56 Å². The molecule has 4 N–H and O–H groups in total. The summed E-state index contributed by atoms with van der Waals surface area (Å²) in [5.74, 6) is -0.802. The van der Waals surface area contributed by atoms with Crippen molar-refractivity contribution in [1.29, 1.82) is 0 Å². The number of aryl methyl sites for hydroxylation is 1. The van der Waals surface area contributed by atoms with Gasteiger partial charge in [-0.2, -0.15) is 5.16 Å². The lowest BCUT2D eigenvalue weighted by molar-refractivity contribution is -0.138. The predicted octanol–water partition coefficient (Wildman–Crippen LogP) is 0.707. The lowest BCUT2D eigenvalue weighted by Gasteiger charge is -2.05. The van der Waals surface area contributed by atoms with Crippen molar-refractivity contribution in [2.45, 2.75) is 25.3 Å². The fourth-order valence-corrected chi connectivity index (χ4v) is 1.98. The summed E-state index contributed by atoms with van der Waals surface area (Å²) in [6.45, 7) is 0. The van der Waals surface area contributed by atoms with Crippen LogP contribution in [0.5, 0.6) is 0 Å². The lowest BCUT2D eigenvalue weighted by Crippen LogP contribution is -2.32. The molecule has 2 rings (SSSR count). The molecular weight excluding hydrogens is 260 g/mol. The third-order valence-corrected chi connectivity index (χ3v) is 3.11. The SMILES string of the molecule is NC(Cc1o[nH]c(=O)c1CCc1ccccc1)C(=O)O. The van der Waals surface area contributed by atoms with Crippen LogP contribution in [0.3, 0.4) is 0 Å². The van der Waals surface area contributed by atoms with E-state index in [1.54, 1.807) is 0 Å². The molecule has 0 radical (unpaired) electrons. The van der Waals surface area contributed by atoms with Gasteiger partial charge < -0.3 is 15.4 Å². The van der Waals surface area contributed by atoms with E-state index in [1.165, 1.54) is 0 Å². The van der Waals surface area contributed by atoms with E-state index in [0.29, 0.717) is 24.2 Å². The third-order valence-electron chi connectivity index (χ3n) is 3.11. The van der Waals surface area contributed by atoms with Gasteiger partial charge in [-0.1, -0.05) is 30.3 Å². The number of carbonyl (C=O) groups is 1. The average molecular weight is 276 g/mol. The number of nitrogens with one attached hydrogen (secondary N) is 1. The number of aromatic nitrogens is 1. The van der Waals surface area contributed by atoms with Gasteiger partial charge in [0.25, 0.3) is 5.56 Å². The topological polar surface area (TPSA) is 109 Å². The second-order valence-electron chi connectivity index (χ2n) is 4.57. The molecule has 0 saturated heterocycles. The maximum absolute atomic E-state index is 11.7. The monoisotopic (exact) mass is 276 g/mol. The van der Waals surface area contributed by atoms with Crippen molar-refractivity contribution in [1.82, 2.24) is 5.16 Å². The van der Waals surface area contributed by atoms with Gasteiger partial charge >= 0.3 is 5.97 Å². The normalized spacial score (nSPS) is 12.2. The Morgan fingerprint density at radius 2 is 2.00 bits per heavy atom. The molecule has 0 aliphatic rings. The molecule has 1 aromatic heterocycles. The van der Waals surface area contributed by atoms with Crippen molar-refractivity contribution in [3.63, 3.8) is 0 Å². The van der Waals surface area contributed by atoms with E-state index in [-0.39, 0.29) is 12.0 Å². The number of aromatic amines is 1. The molecule has 0 aliphatic heterocycles. The standard InChI is InChI=1S/C14H16N2O4/c15-11(14(18)19)8-12-10(13(17)16-20-12)7-6-9-4-2-1-3-5-9/h1-5,11H,6-8,15H2,(H,16,17)(H,18,19). The predicted molar refractivity (Wildman–Crippen MR) is 72.5 cm³/mol. The highest BCUT2D eigenvalue weighted by Crippen LogP contribution is 2.10. The quantitative estimate of drug-likeness (QED) is 0.719. The summed E-state index contributed by atoms with van der Waals surface area (Å²) < 4.78 is 5.02. The smallest absolute Gasteiger partial charge is 0.320 e.